The lowest BCUT2D eigenvalue weighted by atomic mass is 9.96. The van der Waals surface area contributed by atoms with E-state index in [2.05, 4.69) is 15.5 Å². The van der Waals surface area contributed by atoms with E-state index in [1.807, 2.05) is 35.6 Å². The average Bonchev–Trinajstić information content (AvgIpc) is 2.97. The Hall–Kier alpha value is -2.08. The highest BCUT2D eigenvalue weighted by Gasteiger charge is 2.26. The molecule has 0 unspecified atom stereocenters. The van der Waals surface area contributed by atoms with Gasteiger partial charge >= 0.3 is 6.03 Å². The highest BCUT2D eigenvalue weighted by atomic mass is 35.5. The Bertz CT molecular complexity index is 706. The van der Waals surface area contributed by atoms with Crippen LogP contribution in [0.25, 0.3) is 0 Å². The van der Waals surface area contributed by atoms with Crippen LogP contribution in [0, 0.1) is 6.92 Å². The SMILES string of the molecule is Cc1ccc(Cl)c(NC(=O)N2CCC(c3nncn3C)CC2)c1. The molecule has 1 aliphatic rings. The van der Waals surface area contributed by atoms with Crippen molar-refractivity contribution in [2.45, 2.75) is 25.7 Å². The summed E-state index contributed by atoms with van der Waals surface area (Å²) in [6, 6.07) is 5.50. The van der Waals surface area contributed by atoms with E-state index in [0.29, 0.717) is 29.7 Å². The summed E-state index contributed by atoms with van der Waals surface area (Å²) in [5.74, 6) is 1.35. The topological polar surface area (TPSA) is 63.1 Å². The van der Waals surface area contributed by atoms with Crippen molar-refractivity contribution in [3.05, 3.63) is 40.9 Å². The van der Waals surface area contributed by atoms with Crippen LogP contribution in [0.1, 0.15) is 30.1 Å². The highest BCUT2D eigenvalue weighted by Crippen LogP contribution is 2.27. The fourth-order valence-corrected chi connectivity index (χ4v) is 3.10. The number of hydrogen-bond donors (Lipinski definition) is 1. The Labute approximate surface area is 140 Å². The first kappa shape index (κ1) is 15.8. The third-order valence-electron chi connectivity index (χ3n) is 4.26. The first-order valence-corrected chi connectivity index (χ1v) is 8.08. The maximum Gasteiger partial charge on any atom is 0.321 e. The zero-order valence-corrected chi connectivity index (χ0v) is 14.0. The van der Waals surface area contributed by atoms with E-state index in [4.69, 9.17) is 11.6 Å². The minimum Gasteiger partial charge on any atom is -0.324 e. The third-order valence-corrected chi connectivity index (χ3v) is 4.59. The van der Waals surface area contributed by atoms with Gasteiger partial charge < -0.3 is 14.8 Å². The molecule has 1 N–H and O–H groups in total. The molecular formula is C16H20ClN5O. The Balaban J connectivity index is 1.60. The first-order chi connectivity index (χ1) is 11.0. The molecule has 0 bridgehead atoms. The summed E-state index contributed by atoms with van der Waals surface area (Å²) in [6.45, 7) is 3.37. The van der Waals surface area contributed by atoms with Crippen LogP contribution in [0.4, 0.5) is 10.5 Å². The van der Waals surface area contributed by atoms with Crippen LogP contribution in [0.15, 0.2) is 24.5 Å². The minimum absolute atomic E-state index is 0.103. The third kappa shape index (κ3) is 3.47. The molecule has 7 heteroatoms. The normalized spacial score (nSPS) is 15.7. The largest absolute Gasteiger partial charge is 0.324 e. The van der Waals surface area contributed by atoms with Crippen LogP contribution in [0.2, 0.25) is 5.02 Å². The molecule has 1 fully saturated rings. The van der Waals surface area contributed by atoms with Gasteiger partial charge in [0, 0.05) is 26.1 Å². The van der Waals surface area contributed by atoms with Gasteiger partial charge in [-0.05, 0) is 37.5 Å². The van der Waals surface area contributed by atoms with Gasteiger partial charge in [0.25, 0.3) is 0 Å². The van der Waals surface area contributed by atoms with E-state index in [-0.39, 0.29) is 6.03 Å². The zero-order chi connectivity index (χ0) is 16.4. The summed E-state index contributed by atoms with van der Waals surface area (Å²) in [4.78, 5) is 14.2. The van der Waals surface area contributed by atoms with Crippen molar-refractivity contribution in [1.29, 1.82) is 0 Å². The molecule has 6 nitrogen and oxygen atoms in total. The van der Waals surface area contributed by atoms with Crippen LogP contribution < -0.4 is 5.32 Å². The van der Waals surface area contributed by atoms with E-state index in [0.717, 1.165) is 24.2 Å². The van der Waals surface area contributed by atoms with Crippen LogP contribution in [0.5, 0.6) is 0 Å². The van der Waals surface area contributed by atoms with Crippen molar-refractivity contribution in [2.24, 2.45) is 7.05 Å². The Morgan fingerprint density at radius 2 is 2.09 bits per heavy atom. The zero-order valence-electron chi connectivity index (χ0n) is 13.3. The quantitative estimate of drug-likeness (QED) is 0.918. The number of aryl methyl sites for hydroxylation is 2. The Kier molecular flexibility index (Phi) is 4.52. The number of benzene rings is 1. The number of urea groups is 1. The van der Waals surface area contributed by atoms with E-state index in [1.165, 1.54) is 0 Å². The lowest BCUT2D eigenvalue weighted by Crippen LogP contribution is -2.41. The molecule has 1 aliphatic heterocycles. The number of nitrogens with one attached hydrogen (secondary N) is 1. The second-order valence-electron chi connectivity index (χ2n) is 5.97. The number of amides is 2. The van der Waals surface area contributed by atoms with Crippen molar-refractivity contribution in [3.63, 3.8) is 0 Å². The van der Waals surface area contributed by atoms with Crippen molar-refractivity contribution >= 4 is 23.3 Å². The fraction of sp³-hybridized carbons (Fsp3) is 0.438. The van der Waals surface area contributed by atoms with Gasteiger partial charge in [-0.15, -0.1) is 10.2 Å². The van der Waals surface area contributed by atoms with Gasteiger partial charge in [0.15, 0.2) is 0 Å². The molecule has 0 radical (unpaired) electrons. The molecule has 0 aliphatic carbocycles. The standard InChI is InChI=1S/C16H20ClN5O/c1-11-3-4-13(17)14(9-11)19-16(23)22-7-5-12(6-8-22)15-20-18-10-21(15)2/h3-4,9-10,12H,5-8H2,1-2H3,(H,19,23). The van der Waals surface area contributed by atoms with Crippen LogP contribution >= 0.6 is 11.6 Å². The molecule has 1 aromatic carbocycles. The molecule has 2 aromatic rings. The smallest absolute Gasteiger partial charge is 0.321 e. The number of carbonyl (C=O) groups is 1. The molecule has 0 atom stereocenters. The van der Waals surface area contributed by atoms with Crippen molar-refractivity contribution in [1.82, 2.24) is 19.7 Å². The summed E-state index contributed by atoms with van der Waals surface area (Å²) in [6.07, 6.45) is 3.50. The highest BCUT2D eigenvalue weighted by molar-refractivity contribution is 6.33. The number of carbonyl (C=O) groups excluding carboxylic acids is 1. The van der Waals surface area contributed by atoms with E-state index < -0.39 is 0 Å². The fourth-order valence-electron chi connectivity index (χ4n) is 2.93. The molecule has 2 amide bonds. The summed E-state index contributed by atoms with van der Waals surface area (Å²) >= 11 is 6.14. The number of rotatable bonds is 2. The Morgan fingerprint density at radius 3 is 2.74 bits per heavy atom. The van der Waals surface area contributed by atoms with Crippen LogP contribution in [0.3, 0.4) is 0 Å². The molecule has 0 spiro atoms. The molecule has 1 saturated heterocycles. The van der Waals surface area contributed by atoms with Gasteiger partial charge in [-0.2, -0.15) is 0 Å². The first-order valence-electron chi connectivity index (χ1n) is 7.70. The second-order valence-corrected chi connectivity index (χ2v) is 6.38. The minimum atomic E-state index is -0.103. The average molecular weight is 334 g/mol. The van der Waals surface area contributed by atoms with E-state index in [1.54, 1.807) is 12.4 Å². The lowest BCUT2D eigenvalue weighted by molar-refractivity contribution is 0.193. The molecule has 3 rings (SSSR count). The predicted molar refractivity (Wildman–Crippen MR) is 89.8 cm³/mol. The summed E-state index contributed by atoms with van der Waals surface area (Å²) < 4.78 is 1.95. The molecule has 23 heavy (non-hydrogen) atoms. The predicted octanol–water partition coefficient (Wildman–Crippen LogP) is 3.19. The van der Waals surface area contributed by atoms with E-state index >= 15 is 0 Å². The number of piperidine rings is 1. The molecule has 1 aromatic heterocycles. The maximum absolute atomic E-state index is 12.4. The number of halogens is 1. The summed E-state index contributed by atoms with van der Waals surface area (Å²) in [5.41, 5.74) is 1.72. The number of likely N-dealkylation sites (tertiary alicyclic amines) is 1. The number of nitrogens with zero attached hydrogens (tertiary/aromatic N) is 4. The summed E-state index contributed by atoms with van der Waals surface area (Å²) in [5, 5.41) is 11.6. The van der Waals surface area contributed by atoms with Gasteiger partial charge in [0.05, 0.1) is 10.7 Å². The Morgan fingerprint density at radius 1 is 1.35 bits per heavy atom. The number of hydrogen-bond acceptors (Lipinski definition) is 3. The monoisotopic (exact) mass is 333 g/mol. The van der Waals surface area contributed by atoms with Gasteiger partial charge in [-0.1, -0.05) is 17.7 Å². The van der Waals surface area contributed by atoms with Crippen molar-refractivity contribution in [2.75, 3.05) is 18.4 Å². The lowest BCUT2D eigenvalue weighted by Gasteiger charge is -2.31. The van der Waals surface area contributed by atoms with Crippen molar-refractivity contribution < 1.29 is 4.79 Å². The molecule has 122 valence electrons. The van der Waals surface area contributed by atoms with Gasteiger partial charge in [0.2, 0.25) is 0 Å². The molecule has 2 heterocycles. The van der Waals surface area contributed by atoms with Gasteiger partial charge in [0.1, 0.15) is 12.2 Å². The van der Waals surface area contributed by atoms with Crippen LogP contribution in [-0.2, 0) is 7.05 Å². The second kappa shape index (κ2) is 6.58. The maximum atomic E-state index is 12.4. The van der Waals surface area contributed by atoms with Crippen molar-refractivity contribution in [3.8, 4) is 0 Å². The number of anilines is 1. The summed E-state index contributed by atoms with van der Waals surface area (Å²) in [7, 11) is 1.95. The van der Waals surface area contributed by atoms with E-state index in [9.17, 15) is 4.79 Å². The number of aromatic nitrogens is 3. The van der Waals surface area contributed by atoms with Gasteiger partial charge in [-0.25, -0.2) is 4.79 Å². The van der Waals surface area contributed by atoms with Gasteiger partial charge in [-0.3, -0.25) is 0 Å². The molecular weight excluding hydrogens is 314 g/mol. The molecule has 0 saturated carbocycles. The van der Waals surface area contributed by atoms with Crippen LogP contribution in [-0.4, -0.2) is 38.8 Å².